The molecule has 0 bridgehead atoms. The fourth-order valence-electron chi connectivity index (χ4n) is 2.02. The first kappa shape index (κ1) is 14.6. The molecule has 0 radical (unpaired) electrons. The first-order valence-electron chi connectivity index (χ1n) is 6.24. The molecule has 1 unspecified atom stereocenters. The summed E-state index contributed by atoms with van der Waals surface area (Å²) in [6.07, 6.45) is 0.464. The minimum atomic E-state index is -1.19. The number of primary amides is 1. The molecule has 2 N–H and O–H groups in total. The third-order valence-electron chi connectivity index (χ3n) is 3.00. The SMILES string of the molecule is NC(=O)C(OC(=O)c1c(Cl)nc2sccn12)c1ccccc1. The van der Waals surface area contributed by atoms with E-state index in [0.717, 1.165) is 0 Å². The van der Waals surface area contributed by atoms with Crippen molar-refractivity contribution < 1.29 is 14.3 Å². The molecule has 2 heterocycles. The summed E-state index contributed by atoms with van der Waals surface area (Å²) in [5, 5.41) is 1.78. The highest BCUT2D eigenvalue weighted by molar-refractivity contribution is 7.15. The lowest BCUT2D eigenvalue weighted by molar-refractivity contribution is -0.127. The molecule has 0 fully saturated rings. The Kier molecular flexibility index (Phi) is 3.82. The zero-order chi connectivity index (χ0) is 15.7. The number of ether oxygens (including phenoxy) is 1. The molecule has 0 aliphatic heterocycles. The number of esters is 1. The summed E-state index contributed by atoms with van der Waals surface area (Å²) in [5.41, 5.74) is 5.89. The maximum Gasteiger partial charge on any atom is 0.359 e. The van der Waals surface area contributed by atoms with Gasteiger partial charge in [0.2, 0.25) is 6.10 Å². The molecule has 1 aromatic carbocycles. The topological polar surface area (TPSA) is 86.7 Å². The van der Waals surface area contributed by atoms with Crippen molar-refractivity contribution in [2.24, 2.45) is 5.73 Å². The summed E-state index contributed by atoms with van der Waals surface area (Å²) in [5.74, 6) is -1.52. The predicted octanol–water partition coefficient (Wildman–Crippen LogP) is 2.43. The number of thiazole rings is 1. The lowest BCUT2D eigenvalue weighted by Crippen LogP contribution is -2.26. The van der Waals surface area contributed by atoms with E-state index in [1.54, 1.807) is 41.9 Å². The second-order valence-electron chi connectivity index (χ2n) is 4.41. The number of fused-ring (bicyclic) bond motifs is 1. The zero-order valence-corrected chi connectivity index (χ0v) is 12.7. The van der Waals surface area contributed by atoms with Gasteiger partial charge in [-0.2, -0.15) is 0 Å². The van der Waals surface area contributed by atoms with Crippen LogP contribution >= 0.6 is 22.9 Å². The van der Waals surface area contributed by atoms with Crippen LogP contribution in [0.5, 0.6) is 0 Å². The molecular weight excluding hydrogens is 326 g/mol. The van der Waals surface area contributed by atoms with Crippen LogP contribution in [0.4, 0.5) is 0 Å². The number of nitrogens with zero attached hydrogens (tertiary/aromatic N) is 2. The molecule has 8 heteroatoms. The first-order valence-corrected chi connectivity index (χ1v) is 7.50. The number of rotatable bonds is 4. The van der Waals surface area contributed by atoms with Crippen LogP contribution in [0.2, 0.25) is 5.15 Å². The minimum absolute atomic E-state index is 0.0214. The molecule has 22 heavy (non-hydrogen) atoms. The van der Waals surface area contributed by atoms with Gasteiger partial charge in [-0.15, -0.1) is 11.3 Å². The van der Waals surface area contributed by atoms with E-state index in [1.165, 1.54) is 15.7 Å². The summed E-state index contributed by atoms with van der Waals surface area (Å²) in [7, 11) is 0. The third kappa shape index (κ3) is 2.56. The smallest absolute Gasteiger partial charge is 0.359 e. The normalized spacial score (nSPS) is 12.2. The van der Waals surface area contributed by atoms with E-state index < -0.39 is 18.0 Å². The van der Waals surface area contributed by atoms with Gasteiger partial charge in [0, 0.05) is 17.1 Å². The lowest BCUT2D eigenvalue weighted by Gasteiger charge is -2.14. The Labute approximate surface area is 134 Å². The number of carbonyl (C=O) groups excluding carboxylic acids is 2. The quantitative estimate of drug-likeness (QED) is 0.742. The number of benzene rings is 1. The summed E-state index contributed by atoms with van der Waals surface area (Å²) in [4.78, 5) is 28.6. The number of nitrogens with two attached hydrogens (primary N) is 1. The van der Waals surface area contributed by atoms with Gasteiger partial charge in [0.25, 0.3) is 5.91 Å². The molecule has 2 aromatic heterocycles. The molecule has 3 aromatic rings. The Morgan fingerprint density at radius 2 is 2.05 bits per heavy atom. The van der Waals surface area contributed by atoms with Crippen molar-refractivity contribution >= 4 is 39.8 Å². The molecule has 1 atom stereocenters. The summed E-state index contributed by atoms with van der Waals surface area (Å²) in [6.45, 7) is 0. The number of halogens is 1. The van der Waals surface area contributed by atoms with Gasteiger partial charge < -0.3 is 10.5 Å². The van der Waals surface area contributed by atoms with Crippen molar-refractivity contribution in [1.82, 2.24) is 9.38 Å². The maximum atomic E-state index is 12.4. The largest absolute Gasteiger partial charge is 0.443 e. The average Bonchev–Trinajstić information content (AvgIpc) is 3.04. The first-order chi connectivity index (χ1) is 10.6. The second-order valence-corrected chi connectivity index (χ2v) is 5.64. The van der Waals surface area contributed by atoms with E-state index in [1.807, 2.05) is 0 Å². The third-order valence-corrected chi connectivity index (χ3v) is 4.02. The van der Waals surface area contributed by atoms with Gasteiger partial charge in [-0.3, -0.25) is 9.20 Å². The monoisotopic (exact) mass is 335 g/mol. The minimum Gasteiger partial charge on any atom is -0.443 e. The maximum absolute atomic E-state index is 12.4. The fourth-order valence-corrected chi connectivity index (χ4v) is 3.04. The Hall–Kier alpha value is -2.38. The molecule has 0 aliphatic carbocycles. The van der Waals surface area contributed by atoms with E-state index in [0.29, 0.717) is 10.5 Å². The van der Waals surface area contributed by atoms with Crippen molar-refractivity contribution in [2.75, 3.05) is 0 Å². The van der Waals surface area contributed by atoms with Crippen LogP contribution in [0.1, 0.15) is 22.2 Å². The molecule has 3 rings (SSSR count). The second kappa shape index (κ2) is 5.78. The average molecular weight is 336 g/mol. The molecule has 6 nitrogen and oxygen atoms in total. The van der Waals surface area contributed by atoms with Gasteiger partial charge in [-0.05, 0) is 0 Å². The van der Waals surface area contributed by atoms with Crippen LogP contribution in [0.3, 0.4) is 0 Å². The number of aromatic nitrogens is 2. The van der Waals surface area contributed by atoms with Gasteiger partial charge in [0.15, 0.2) is 15.8 Å². The zero-order valence-electron chi connectivity index (χ0n) is 11.1. The fraction of sp³-hybridized carbons (Fsp3) is 0.0714. The van der Waals surface area contributed by atoms with Crippen molar-refractivity contribution in [2.45, 2.75) is 6.10 Å². The van der Waals surface area contributed by atoms with Crippen molar-refractivity contribution in [3.05, 3.63) is 58.3 Å². The molecule has 1 amide bonds. The van der Waals surface area contributed by atoms with Crippen LogP contribution in [-0.2, 0) is 9.53 Å². The van der Waals surface area contributed by atoms with Crippen LogP contribution in [-0.4, -0.2) is 21.3 Å². The Bertz CT molecular complexity index is 844. The molecule has 0 saturated heterocycles. The standard InChI is InChI=1S/C14H10ClN3O3S/c15-11-9(18-6-7-22-14(18)17-11)13(20)21-10(12(16)19)8-4-2-1-3-5-8/h1-7,10H,(H2,16,19). The van der Waals surface area contributed by atoms with E-state index in [9.17, 15) is 9.59 Å². The number of imidazole rings is 1. The summed E-state index contributed by atoms with van der Waals surface area (Å²) in [6, 6.07) is 8.54. The summed E-state index contributed by atoms with van der Waals surface area (Å²) >= 11 is 7.30. The van der Waals surface area contributed by atoms with Gasteiger partial charge in [0.1, 0.15) is 0 Å². The predicted molar refractivity (Wildman–Crippen MR) is 81.9 cm³/mol. The molecule has 112 valence electrons. The van der Waals surface area contributed by atoms with Gasteiger partial charge in [-0.1, -0.05) is 41.9 Å². The van der Waals surface area contributed by atoms with E-state index in [2.05, 4.69) is 4.98 Å². The Morgan fingerprint density at radius 1 is 1.32 bits per heavy atom. The number of amides is 1. The number of hydrogen-bond donors (Lipinski definition) is 1. The highest BCUT2D eigenvalue weighted by Gasteiger charge is 2.27. The van der Waals surface area contributed by atoms with E-state index >= 15 is 0 Å². The van der Waals surface area contributed by atoms with Crippen molar-refractivity contribution in [1.29, 1.82) is 0 Å². The van der Waals surface area contributed by atoms with Crippen molar-refractivity contribution in [3.63, 3.8) is 0 Å². The Morgan fingerprint density at radius 3 is 2.73 bits per heavy atom. The van der Waals surface area contributed by atoms with Crippen LogP contribution < -0.4 is 5.73 Å². The molecule has 0 saturated carbocycles. The lowest BCUT2D eigenvalue weighted by atomic mass is 10.1. The highest BCUT2D eigenvalue weighted by Crippen LogP contribution is 2.25. The van der Waals surface area contributed by atoms with Crippen LogP contribution in [0.25, 0.3) is 4.96 Å². The summed E-state index contributed by atoms with van der Waals surface area (Å²) < 4.78 is 6.76. The van der Waals surface area contributed by atoms with E-state index in [4.69, 9.17) is 22.1 Å². The highest BCUT2D eigenvalue weighted by atomic mass is 35.5. The van der Waals surface area contributed by atoms with E-state index in [-0.39, 0.29) is 10.8 Å². The van der Waals surface area contributed by atoms with Crippen LogP contribution in [0.15, 0.2) is 41.9 Å². The molecular formula is C14H10ClN3O3S. The van der Waals surface area contributed by atoms with Crippen molar-refractivity contribution in [3.8, 4) is 0 Å². The van der Waals surface area contributed by atoms with Gasteiger partial charge in [0.05, 0.1) is 0 Å². The number of carbonyl (C=O) groups is 2. The van der Waals surface area contributed by atoms with Crippen LogP contribution in [0, 0.1) is 0 Å². The Balaban J connectivity index is 1.93. The molecule has 0 spiro atoms. The van der Waals surface area contributed by atoms with Gasteiger partial charge in [-0.25, -0.2) is 9.78 Å². The number of hydrogen-bond acceptors (Lipinski definition) is 5. The molecule has 0 aliphatic rings. The van der Waals surface area contributed by atoms with Gasteiger partial charge >= 0.3 is 5.97 Å².